The average molecular weight is 456 g/mol. The van der Waals surface area contributed by atoms with E-state index in [4.69, 9.17) is 34.8 Å². The monoisotopic (exact) mass is 454 g/mol. The lowest BCUT2D eigenvalue weighted by Gasteiger charge is -2.30. The summed E-state index contributed by atoms with van der Waals surface area (Å²) in [6.45, 7) is 5.84. The molecule has 2 aromatic rings. The quantitative estimate of drug-likeness (QED) is 0.569. The van der Waals surface area contributed by atoms with Crippen LogP contribution in [-0.2, 0) is 22.6 Å². The van der Waals surface area contributed by atoms with Crippen molar-refractivity contribution in [3.05, 3.63) is 68.7 Å². The molecular formula is C22H25Cl3N2O2. The SMILES string of the molecule is CC[C@H](C)NC(=O)[C@@H](C)N(Cc1ccc(Cl)cc1Cl)C(=O)Cc1cccc(Cl)c1. The minimum atomic E-state index is -0.664. The first kappa shape index (κ1) is 23.5. The van der Waals surface area contributed by atoms with Crippen LogP contribution in [0, 0.1) is 0 Å². The number of halogens is 3. The molecule has 0 spiro atoms. The van der Waals surface area contributed by atoms with Gasteiger partial charge in [0, 0.05) is 27.7 Å². The van der Waals surface area contributed by atoms with Crippen LogP contribution in [-0.4, -0.2) is 28.8 Å². The molecule has 2 atom stereocenters. The third-order valence-electron chi connectivity index (χ3n) is 4.77. The zero-order chi connectivity index (χ0) is 21.6. The first-order valence-corrected chi connectivity index (χ1v) is 10.6. The summed E-state index contributed by atoms with van der Waals surface area (Å²) in [7, 11) is 0. The van der Waals surface area contributed by atoms with Crippen LogP contribution in [0.4, 0.5) is 0 Å². The van der Waals surface area contributed by atoms with Gasteiger partial charge in [-0.3, -0.25) is 9.59 Å². The average Bonchev–Trinajstić information content (AvgIpc) is 2.66. The normalized spacial score (nSPS) is 12.9. The predicted octanol–water partition coefficient (Wildman–Crippen LogP) is 5.52. The van der Waals surface area contributed by atoms with E-state index in [1.165, 1.54) is 4.90 Å². The van der Waals surface area contributed by atoms with Gasteiger partial charge in [0.25, 0.3) is 0 Å². The Morgan fingerprint density at radius 2 is 1.72 bits per heavy atom. The van der Waals surface area contributed by atoms with Crippen molar-refractivity contribution in [1.82, 2.24) is 10.2 Å². The summed E-state index contributed by atoms with van der Waals surface area (Å²) in [5, 5.41) is 4.46. The molecule has 7 heteroatoms. The molecule has 0 aromatic heterocycles. The molecule has 0 radical (unpaired) electrons. The van der Waals surface area contributed by atoms with Gasteiger partial charge in [0.05, 0.1) is 6.42 Å². The standard InChI is InChI=1S/C22H25Cl3N2O2/c1-4-14(2)26-22(29)15(3)27(13-17-8-9-19(24)12-20(17)25)21(28)11-16-6-5-7-18(23)10-16/h5-10,12,14-15H,4,11,13H2,1-3H3,(H,26,29)/t14-,15+/m0/s1. The van der Waals surface area contributed by atoms with Crippen molar-refractivity contribution in [2.45, 2.75) is 52.2 Å². The summed E-state index contributed by atoms with van der Waals surface area (Å²) >= 11 is 18.3. The largest absolute Gasteiger partial charge is 0.352 e. The molecule has 29 heavy (non-hydrogen) atoms. The lowest BCUT2D eigenvalue weighted by Crippen LogP contribution is -2.49. The second-order valence-corrected chi connectivity index (χ2v) is 8.34. The summed E-state index contributed by atoms with van der Waals surface area (Å²) in [5.41, 5.74) is 1.50. The minimum Gasteiger partial charge on any atom is -0.352 e. The number of nitrogens with zero attached hydrogens (tertiary/aromatic N) is 1. The Bertz CT molecular complexity index is 873. The van der Waals surface area contributed by atoms with E-state index in [9.17, 15) is 9.59 Å². The number of amides is 2. The van der Waals surface area contributed by atoms with Crippen molar-refractivity contribution < 1.29 is 9.59 Å². The summed E-state index contributed by atoms with van der Waals surface area (Å²) < 4.78 is 0. The zero-order valence-corrected chi connectivity index (χ0v) is 19.0. The maximum Gasteiger partial charge on any atom is 0.242 e. The molecule has 156 valence electrons. The van der Waals surface area contributed by atoms with Crippen LogP contribution < -0.4 is 5.32 Å². The number of carbonyl (C=O) groups is 2. The second-order valence-electron chi connectivity index (χ2n) is 7.06. The minimum absolute atomic E-state index is 0.0222. The summed E-state index contributed by atoms with van der Waals surface area (Å²) in [4.78, 5) is 27.4. The topological polar surface area (TPSA) is 49.4 Å². The molecule has 0 unspecified atom stereocenters. The maximum atomic E-state index is 13.1. The predicted molar refractivity (Wildman–Crippen MR) is 120 cm³/mol. The van der Waals surface area contributed by atoms with Crippen LogP contribution in [0.1, 0.15) is 38.3 Å². The highest BCUT2D eigenvalue weighted by atomic mass is 35.5. The van der Waals surface area contributed by atoms with E-state index in [-0.39, 0.29) is 30.8 Å². The van der Waals surface area contributed by atoms with Crippen molar-refractivity contribution in [3.63, 3.8) is 0 Å². The van der Waals surface area contributed by atoms with E-state index >= 15 is 0 Å². The van der Waals surface area contributed by atoms with Crippen molar-refractivity contribution in [3.8, 4) is 0 Å². The third-order valence-corrected chi connectivity index (χ3v) is 5.59. The summed E-state index contributed by atoms with van der Waals surface area (Å²) in [6.07, 6.45) is 0.935. The molecule has 1 N–H and O–H groups in total. The van der Waals surface area contributed by atoms with Crippen molar-refractivity contribution in [2.24, 2.45) is 0 Å². The molecule has 0 heterocycles. The molecule has 2 amide bonds. The van der Waals surface area contributed by atoms with Crippen LogP contribution in [0.3, 0.4) is 0 Å². The highest BCUT2D eigenvalue weighted by Crippen LogP contribution is 2.24. The number of carbonyl (C=O) groups excluding carboxylic acids is 2. The molecular weight excluding hydrogens is 431 g/mol. The van der Waals surface area contributed by atoms with E-state index in [1.54, 1.807) is 43.3 Å². The van der Waals surface area contributed by atoms with Crippen molar-refractivity contribution >= 4 is 46.6 Å². The van der Waals surface area contributed by atoms with Gasteiger partial charge in [-0.1, -0.05) is 59.9 Å². The molecule has 0 fully saturated rings. The number of nitrogens with one attached hydrogen (secondary N) is 1. The van der Waals surface area contributed by atoms with Crippen molar-refractivity contribution in [1.29, 1.82) is 0 Å². The van der Waals surface area contributed by atoms with Gasteiger partial charge in [-0.25, -0.2) is 0 Å². The Morgan fingerprint density at radius 3 is 2.34 bits per heavy atom. The number of hydrogen-bond acceptors (Lipinski definition) is 2. The molecule has 2 aromatic carbocycles. The Kier molecular flexibility index (Phi) is 8.81. The van der Waals surface area contributed by atoms with Gasteiger partial charge in [0.1, 0.15) is 6.04 Å². The van der Waals surface area contributed by atoms with Crippen LogP contribution >= 0.6 is 34.8 Å². The Hall–Kier alpha value is -1.75. The van der Waals surface area contributed by atoms with Gasteiger partial charge >= 0.3 is 0 Å². The van der Waals surface area contributed by atoms with Crippen LogP contribution in [0.2, 0.25) is 15.1 Å². The van der Waals surface area contributed by atoms with E-state index in [1.807, 2.05) is 19.9 Å². The Labute approximate surface area is 187 Å². The van der Waals surface area contributed by atoms with Crippen molar-refractivity contribution in [2.75, 3.05) is 0 Å². The summed E-state index contributed by atoms with van der Waals surface area (Å²) in [5.74, 6) is -0.394. The first-order valence-electron chi connectivity index (χ1n) is 9.49. The van der Waals surface area contributed by atoms with Gasteiger partial charge in [0.15, 0.2) is 0 Å². The van der Waals surface area contributed by atoms with E-state index in [0.717, 1.165) is 17.5 Å². The molecule has 0 saturated carbocycles. The zero-order valence-electron chi connectivity index (χ0n) is 16.7. The Balaban J connectivity index is 2.27. The van der Waals surface area contributed by atoms with Gasteiger partial charge in [-0.05, 0) is 55.7 Å². The molecule has 0 aliphatic carbocycles. The number of benzene rings is 2. The van der Waals surface area contributed by atoms with Crippen LogP contribution in [0.5, 0.6) is 0 Å². The Morgan fingerprint density at radius 1 is 1.03 bits per heavy atom. The fraction of sp³-hybridized carbons (Fsp3) is 0.364. The van der Waals surface area contributed by atoms with Crippen LogP contribution in [0.25, 0.3) is 0 Å². The smallest absolute Gasteiger partial charge is 0.242 e. The summed E-state index contributed by atoms with van der Waals surface area (Å²) in [6, 6.07) is 11.6. The van der Waals surface area contributed by atoms with E-state index in [2.05, 4.69) is 5.32 Å². The van der Waals surface area contributed by atoms with Gasteiger partial charge in [0.2, 0.25) is 11.8 Å². The van der Waals surface area contributed by atoms with Crippen LogP contribution in [0.15, 0.2) is 42.5 Å². The van der Waals surface area contributed by atoms with E-state index in [0.29, 0.717) is 15.1 Å². The molecule has 0 aliphatic heterocycles. The molecule has 0 saturated heterocycles. The van der Waals surface area contributed by atoms with E-state index < -0.39 is 6.04 Å². The third kappa shape index (κ3) is 6.91. The fourth-order valence-corrected chi connectivity index (χ4v) is 3.49. The highest BCUT2D eigenvalue weighted by Gasteiger charge is 2.27. The lowest BCUT2D eigenvalue weighted by molar-refractivity contribution is -0.140. The van der Waals surface area contributed by atoms with Gasteiger partial charge in [-0.2, -0.15) is 0 Å². The molecule has 2 rings (SSSR count). The number of hydrogen-bond donors (Lipinski definition) is 1. The molecule has 4 nitrogen and oxygen atoms in total. The number of rotatable bonds is 8. The first-order chi connectivity index (χ1) is 13.7. The van der Waals surface area contributed by atoms with Gasteiger partial charge in [-0.15, -0.1) is 0 Å². The highest BCUT2D eigenvalue weighted by molar-refractivity contribution is 6.35. The maximum absolute atomic E-state index is 13.1. The second kappa shape index (κ2) is 10.9. The van der Waals surface area contributed by atoms with Gasteiger partial charge < -0.3 is 10.2 Å². The molecule has 0 aliphatic rings. The fourth-order valence-electron chi connectivity index (χ4n) is 2.80. The lowest BCUT2D eigenvalue weighted by atomic mass is 10.1. The molecule has 0 bridgehead atoms.